The van der Waals surface area contributed by atoms with E-state index in [2.05, 4.69) is 13.8 Å². The van der Waals surface area contributed by atoms with Gasteiger partial charge < -0.3 is 20.1 Å². The van der Waals surface area contributed by atoms with Crippen molar-refractivity contribution < 1.29 is 14.3 Å². The van der Waals surface area contributed by atoms with E-state index in [0.29, 0.717) is 31.2 Å². The second-order valence-corrected chi connectivity index (χ2v) is 6.22. The lowest BCUT2D eigenvalue weighted by atomic mass is 9.97. The Morgan fingerprint density at radius 1 is 1.22 bits per heavy atom. The lowest BCUT2D eigenvalue weighted by Crippen LogP contribution is -2.46. The summed E-state index contributed by atoms with van der Waals surface area (Å²) >= 11 is 0. The number of nitrogens with zero attached hydrogens (tertiary/aromatic N) is 1. The SMILES string of the molecule is COc1cc2c(cc1OC)CN(C(=O)[C@@H](N)CC(C)C)CC2.Cl. The van der Waals surface area contributed by atoms with Crippen LogP contribution in [0.1, 0.15) is 31.4 Å². The minimum atomic E-state index is -0.415. The predicted molar refractivity (Wildman–Crippen MR) is 93.3 cm³/mol. The van der Waals surface area contributed by atoms with Crippen LogP contribution in [0.25, 0.3) is 0 Å². The minimum absolute atomic E-state index is 0. The van der Waals surface area contributed by atoms with Gasteiger partial charge in [-0.05, 0) is 42.0 Å². The van der Waals surface area contributed by atoms with Crippen LogP contribution in [-0.2, 0) is 17.8 Å². The Morgan fingerprint density at radius 3 is 2.30 bits per heavy atom. The third-order valence-electron chi connectivity index (χ3n) is 4.07. The molecule has 0 unspecified atom stereocenters. The largest absolute Gasteiger partial charge is 0.493 e. The summed E-state index contributed by atoms with van der Waals surface area (Å²) in [7, 11) is 3.25. The van der Waals surface area contributed by atoms with Gasteiger partial charge in [-0.3, -0.25) is 4.79 Å². The molecule has 0 radical (unpaired) electrons. The molecule has 130 valence electrons. The Morgan fingerprint density at radius 2 is 1.78 bits per heavy atom. The molecule has 0 aromatic heterocycles. The van der Waals surface area contributed by atoms with Gasteiger partial charge in [-0.15, -0.1) is 12.4 Å². The van der Waals surface area contributed by atoms with Crippen molar-refractivity contribution in [1.82, 2.24) is 4.90 Å². The number of amides is 1. The molecule has 1 atom stereocenters. The second-order valence-electron chi connectivity index (χ2n) is 6.22. The number of nitrogens with two attached hydrogens (primary N) is 1. The maximum Gasteiger partial charge on any atom is 0.239 e. The number of fused-ring (bicyclic) bond motifs is 1. The highest BCUT2D eigenvalue weighted by Gasteiger charge is 2.26. The standard InChI is InChI=1S/C17H26N2O3.ClH/c1-11(2)7-14(18)17(20)19-6-5-12-8-15(21-3)16(22-4)9-13(12)10-19;/h8-9,11,14H,5-7,10,18H2,1-4H3;1H/t14-;/m0./s1. The zero-order chi connectivity index (χ0) is 16.3. The van der Waals surface area contributed by atoms with Crippen LogP contribution >= 0.6 is 12.4 Å². The number of carbonyl (C=O) groups excluding carboxylic acids is 1. The van der Waals surface area contributed by atoms with Gasteiger partial charge in [0.2, 0.25) is 5.91 Å². The number of ether oxygens (including phenoxy) is 2. The monoisotopic (exact) mass is 342 g/mol. The first-order chi connectivity index (χ1) is 10.5. The number of benzene rings is 1. The summed E-state index contributed by atoms with van der Waals surface area (Å²) in [6.45, 7) is 5.44. The fourth-order valence-corrected chi connectivity index (χ4v) is 2.91. The summed E-state index contributed by atoms with van der Waals surface area (Å²) in [5.74, 6) is 1.88. The van der Waals surface area contributed by atoms with E-state index < -0.39 is 6.04 Å². The minimum Gasteiger partial charge on any atom is -0.493 e. The quantitative estimate of drug-likeness (QED) is 0.892. The molecule has 0 saturated heterocycles. The number of hydrogen-bond donors (Lipinski definition) is 1. The number of hydrogen-bond acceptors (Lipinski definition) is 4. The van der Waals surface area contributed by atoms with Crippen molar-refractivity contribution in [1.29, 1.82) is 0 Å². The highest BCUT2D eigenvalue weighted by Crippen LogP contribution is 2.33. The first kappa shape index (κ1) is 19.6. The first-order valence-corrected chi connectivity index (χ1v) is 7.74. The Hall–Kier alpha value is -1.46. The van der Waals surface area contributed by atoms with E-state index in [1.165, 1.54) is 5.56 Å². The van der Waals surface area contributed by atoms with Crippen molar-refractivity contribution in [2.24, 2.45) is 11.7 Å². The topological polar surface area (TPSA) is 64.8 Å². The summed E-state index contributed by atoms with van der Waals surface area (Å²) in [5.41, 5.74) is 8.35. The normalized spacial score (nSPS) is 14.8. The van der Waals surface area contributed by atoms with Crippen LogP contribution in [0.3, 0.4) is 0 Å². The molecule has 1 aromatic rings. The van der Waals surface area contributed by atoms with Crippen molar-refractivity contribution in [3.8, 4) is 11.5 Å². The average molecular weight is 343 g/mol. The van der Waals surface area contributed by atoms with E-state index in [1.54, 1.807) is 14.2 Å². The van der Waals surface area contributed by atoms with E-state index in [1.807, 2.05) is 17.0 Å². The summed E-state index contributed by atoms with van der Waals surface area (Å²) in [5, 5.41) is 0. The molecular weight excluding hydrogens is 316 g/mol. The molecule has 1 aliphatic heterocycles. The zero-order valence-electron chi connectivity index (χ0n) is 14.3. The van der Waals surface area contributed by atoms with Crippen LogP contribution < -0.4 is 15.2 Å². The molecule has 6 heteroatoms. The summed E-state index contributed by atoms with van der Waals surface area (Å²) < 4.78 is 10.7. The molecule has 5 nitrogen and oxygen atoms in total. The predicted octanol–water partition coefficient (Wildman–Crippen LogP) is 2.38. The second kappa shape index (κ2) is 8.41. The van der Waals surface area contributed by atoms with Gasteiger partial charge in [0.15, 0.2) is 11.5 Å². The van der Waals surface area contributed by atoms with Gasteiger partial charge in [-0.2, -0.15) is 0 Å². The fraction of sp³-hybridized carbons (Fsp3) is 0.588. The van der Waals surface area contributed by atoms with Crippen LogP contribution in [0.2, 0.25) is 0 Å². The van der Waals surface area contributed by atoms with E-state index >= 15 is 0 Å². The molecular formula is C17H27ClN2O3. The van der Waals surface area contributed by atoms with Crippen LogP contribution in [0.15, 0.2) is 12.1 Å². The molecule has 2 N–H and O–H groups in total. The van der Waals surface area contributed by atoms with Gasteiger partial charge in [0.25, 0.3) is 0 Å². The molecule has 1 aromatic carbocycles. The smallest absolute Gasteiger partial charge is 0.239 e. The molecule has 0 spiro atoms. The molecule has 0 bridgehead atoms. The van der Waals surface area contributed by atoms with Crippen molar-refractivity contribution in [3.05, 3.63) is 23.3 Å². The number of halogens is 1. The van der Waals surface area contributed by atoms with Gasteiger partial charge in [-0.1, -0.05) is 13.8 Å². The zero-order valence-corrected chi connectivity index (χ0v) is 15.1. The number of carbonyl (C=O) groups is 1. The fourth-order valence-electron chi connectivity index (χ4n) is 2.91. The van der Waals surface area contributed by atoms with Crippen molar-refractivity contribution in [2.75, 3.05) is 20.8 Å². The Labute approximate surface area is 144 Å². The molecule has 0 fully saturated rings. The average Bonchev–Trinajstić information content (AvgIpc) is 2.51. The number of rotatable bonds is 5. The van der Waals surface area contributed by atoms with E-state index in [-0.39, 0.29) is 18.3 Å². The Bertz CT molecular complexity index is 549. The maximum absolute atomic E-state index is 12.5. The highest BCUT2D eigenvalue weighted by molar-refractivity contribution is 5.85. The molecule has 23 heavy (non-hydrogen) atoms. The van der Waals surface area contributed by atoms with Crippen molar-refractivity contribution in [3.63, 3.8) is 0 Å². The third kappa shape index (κ3) is 4.52. The van der Waals surface area contributed by atoms with Crippen molar-refractivity contribution in [2.45, 2.75) is 39.3 Å². The van der Waals surface area contributed by atoms with Crippen LogP contribution in [0, 0.1) is 5.92 Å². The molecule has 1 aliphatic rings. The van der Waals surface area contributed by atoms with E-state index in [9.17, 15) is 4.79 Å². The lowest BCUT2D eigenvalue weighted by Gasteiger charge is -2.31. The molecule has 1 heterocycles. The molecule has 2 rings (SSSR count). The summed E-state index contributed by atoms with van der Waals surface area (Å²) in [6.07, 6.45) is 1.53. The van der Waals surface area contributed by atoms with E-state index in [0.717, 1.165) is 17.7 Å². The summed E-state index contributed by atoms with van der Waals surface area (Å²) in [6, 6.07) is 3.55. The van der Waals surface area contributed by atoms with Crippen LogP contribution in [0.5, 0.6) is 11.5 Å². The summed E-state index contributed by atoms with van der Waals surface area (Å²) in [4.78, 5) is 14.3. The van der Waals surface area contributed by atoms with Gasteiger partial charge in [0.1, 0.15) is 0 Å². The van der Waals surface area contributed by atoms with Crippen LogP contribution in [0.4, 0.5) is 0 Å². The highest BCUT2D eigenvalue weighted by atomic mass is 35.5. The molecule has 0 aliphatic carbocycles. The Balaban J connectivity index is 0.00000264. The van der Waals surface area contributed by atoms with Gasteiger partial charge in [-0.25, -0.2) is 0 Å². The lowest BCUT2D eigenvalue weighted by molar-refractivity contribution is -0.133. The number of methoxy groups -OCH3 is 2. The van der Waals surface area contributed by atoms with Gasteiger partial charge >= 0.3 is 0 Å². The Kier molecular flexibility index (Phi) is 7.16. The van der Waals surface area contributed by atoms with Gasteiger partial charge in [0, 0.05) is 13.1 Å². The molecule has 0 saturated carbocycles. The van der Waals surface area contributed by atoms with Crippen molar-refractivity contribution >= 4 is 18.3 Å². The van der Waals surface area contributed by atoms with Gasteiger partial charge in [0.05, 0.1) is 20.3 Å². The van der Waals surface area contributed by atoms with E-state index in [4.69, 9.17) is 15.2 Å². The third-order valence-corrected chi connectivity index (χ3v) is 4.07. The maximum atomic E-state index is 12.5. The van der Waals surface area contributed by atoms with Crippen LogP contribution in [-0.4, -0.2) is 37.6 Å². The molecule has 1 amide bonds. The first-order valence-electron chi connectivity index (χ1n) is 7.74.